The van der Waals surface area contributed by atoms with Gasteiger partial charge in [-0.25, -0.2) is 4.98 Å². The van der Waals surface area contributed by atoms with Crippen LogP contribution in [0.1, 0.15) is 40.4 Å². The highest BCUT2D eigenvalue weighted by atomic mass is 32.1. The summed E-state index contributed by atoms with van der Waals surface area (Å²) in [6, 6.07) is 11.3. The molecule has 3 nitrogen and oxygen atoms in total. The average Bonchev–Trinajstić information content (AvgIpc) is 2.93. The summed E-state index contributed by atoms with van der Waals surface area (Å²) in [6.45, 7) is 9.72. The number of piperidine rings is 1. The summed E-state index contributed by atoms with van der Waals surface area (Å²) in [7, 11) is 0. The maximum absolute atomic E-state index is 4.65. The minimum atomic E-state index is 0.746. The molecule has 4 heteroatoms. The van der Waals surface area contributed by atoms with E-state index in [9.17, 15) is 0 Å². The summed E-state index contributed by atoms with van der Waals surface area (Å²) in [5.74, 6) is 0.746. The van der Waals surface area contributed by atoms with Crippen molar-refractivity contribution in [3.63, 3.8) is 0 Å². The molecule has 0 bridgehead atoms. The first kappa shape index (κ1) is 17.6. The van der Waals surface area contributed by atoms with Crippen molar-refractivity contribution in [3.8, 4) is 0 Å². The van der Waals surface area contributed by atoms with Crippen molar-refractivity contribution in [1.82, 2.24) is 14.9 Å². The summed E-state index contributed by atoms with van der Waals surface area (Å²) in [4.78, 5) is 11.8. The molecule has 1 unspecified atom stereocenters. The van der Waals surface area contributed by atoms with Crippen molar-refractivity contribution in [3.05, 3.63) is 57.9 Å². The number of aryl methyl sites for hydroxylation is 3. The lowest BCUT2D eigenvalue weighted by Gasteiger charge is -2.33. The first-order valence-corrected chi connectivity index (χ1v) is 10.4. The van der Waals surface area contributed by atoms with Crippen molar-refractivity contribution in [2.75, 3.05) is 13.1 Å². The number of fused-ring (bicyclic) bond motifs is 1. The lowest BCUT2D eigenvalue weighted by molar-refractivity contribution is 0.167. The minimum Gasteiger partial charge on any atom is -0.299 e. The van der Waals surface area contributed by atoms with E-state index in [1.807, 2.05) is 0 Å². The molecule has 0 amide bonds. The fraction of sp³-hybridized carbons (Fsp3) is 0.455. The molecule has 1 aliphatic rings. The summed E-state index contributed by atoms with van der Waals surface area (Å²) in [5.41, 5.74) is 6.26. The third kappa shape index (κ3) is 4.13. The zero-order valence-electron chi connectivity index (χ0n) is 16.0. The van der Waals surface area contributed by atoms with E-state index in [0.717, 1.165) is 34.4 Å². The average molecular weight is 366 g/mol. The third-order valence-corrected chi connectivity index (χ3v) is 6.19. The SMILES string of the molecule is Cc1cc(CC2CCCN(Cc3ccc4sc(C)nc4c3)C2)cc(C)n1. The Kier molecular flexibility index (Phi) is 5.05. The Morgan fingerprint density at radius 1 is 1.04 bits per heavy atom. The predicted molar refractivity (Wildman–Crippen MR) is 110 cm³/mol. The Morgan fingerprint density at radius 2 is 1.85 bits per heavy atom. The molecule has 0 aliphatic carbocycles. The van der Waals surface area contributed by atoms with Crippen LogP contribution in [0, 0.1) is 26.7 Å². The van der Waals surface area contributed by atoms with Gasteiger partial charge in [0.1, 0.15) is 0 Å². The molecule has 26 heavy (non-hydrogen) atoms. The van der Waals surface area contributed by atoms with Crippen LogP contribution >= 0.6 is 11.3 Å². The Balaban J connectivity index is 1.42. The number of pyridine rings is 1. The number of rotatable bonds is 4. The first-order chi connectivity index (χ1) is 12.5. The number of thiazole rings is 1. The zero-order valence-corrected chi connectivity index (χ0v) is 16.8. The van der Waals surface area contributed by atoms with Gasteiger partial charge in [-0.2, -0.15) is 0 Å². The van der Waals surface area contributed by atoms with Gasteiger partial charge < -0.3 is 0 Å². The minimum absolute atomic E-state index is 0.746. The fourth-order valence-electron chi connectivity index (χ4n) is 4.28. The molecule has 0 N–H and O–H groups in total. The van der Waals surface area contributed by atoms with Gasteiger partial charge in [-0.05, 0) is 87.9 Å². The Bertz CT molecular complexity index is 895. The largest absolute Gasteiger partial charge is 0.299 e. The monoisotopic (exact) mass is 365 g/mol. The Hall–Kier alpha value is -1.78. The van der Waals surface area contributed by atoms with Crippen molar-refractivity contribution >= 4 is 21.6 Å². The third-order valence-electron chi connectivity index (χ3n) is 5.23. The fourth-order valence-corrected chi connectivity index (χ4v) is 5.09. The maximum atomic E-state index is 4.65. The number of likely N-dealkylation sites (tertiary alicyclic amines) is 1. The molecule has 1 saturated heterocycles. The van der Waals surface area contributed by atoms with E-state index in [4.69, 9.17) is 0 Å². The van der Waals surface area contributed by atoms with Gasteiger partial charge in [-0.3, -0.25) is 9.88 Å². The molecular weight excluding hydrogens is 338 g/mol. The van der Waals surface area contributed by atoms with Crippen LogP contribution in [0.25, 0.3) is 10.2 Å². The maximum Gasteiger partial charge on any atom is 0.0907 e. The first-order valence-electron chi connectivity index (χ1n) is 9.58. The van der Waals surface area contributed by atoms with Crippen molar-refractivity contribution < 1.29 is 0 Å². The lowest BCUT2D eigenvalue weighted by atomic mass is 9.91. The van der Waals surface area contributed by atoms with E-state index in [1.165, 1.54) is 48.2 Å². The second-order valence-corrected chi connectivity index (χ2v) is 8.98. The molecule has 3 heterocycles. The van der Waals surface area contributed by atoms with E-state index in [1.54, 1.807) is 11.3 Å². The van der Waals surface area contributed by atoms with Crippen LogP contribution in [0.5, 0.6) is 0 Å². The molecule has 1 aliphatic heterocycles. The van der Waals surface area contributed by atoms with Gasteiger partial charge in [0.2, 0.25) is 0 Å². The van der Waals surface area contributed by atoms with E-state index in [-0.39, 0.29) is 0 Å². The number of benzene rings is 1. The van der Waals surface area contributed by atoms with E-state index in [0.29, 0.717) is 0 Å². The van der Waals surface area contributed by atoms with Crippen LogP contribution in [0.2, 0.25) is 0 Å². The van der Waals surface area contributed by atoms with Gasteiger partial charge in [-0.15, -0.1) is 11.3 Å². The van der Waals surface area contributed by atoms with E-state index < -0.39 is 0 Å². The quantitative estimate of drug-likeness (QED) is 0.646. The number of nitrogens with zero attached hydrogens (tertiary/aromatic N) is 3. The van der Waals surface area contributed by atoms with Crippen LogP contribution in [-0.2, 0) is 13.0 Å². The van der Waals surface area contributed by atoms with Gasteiger partial charge >= 0.3 is 0 Å². The highest BCUT2D eigenvalue weighted by molar-refractivity contribution is 7.18. The molecule has 0 spiro atoms. The van der Waals surface area contributed by atoms with Crippen LogP contribution < -0.4 is 0 Å². The van der Waals surface area contributed by atoms with Gasteiger partial charge in [0.05, 0.1) is 15.2 Å². The van der Waals surface area contributed by atoms with Gasteiger partial charge in [0.15, 0.2) is 0 Å². The number of hydrogen-bond acceptors (Lipinski definition) is 4. The lowest BCUT2D eigenvalue weighted by Crippen LogP contribution is -2.35. The normalized spacial score (nSPS) is 18.5. The van der Waals surface area contributed by atoms with E-state index in [2.05, 4.69) is 66.0 Å². The smallest absolute Gasteiger partial charge is 0.0907 e. The molecule has 1 fully saturated rings. The summed E-state index contributed by atoms with van der Waals surface area (Å²) >= 11 is 1.78. The van der Waals surface area contributed by atoms with Gasteiger partial charge in [0, 0.05) is 24.5 Å². The second-order valence-electron chi connectivity index (χ2n) is 7.74. The number of aromatic nitrogens is 2. The molecular formula is C22H27N3S. The number of hydrogen-bond donors (Lipinski definition) is 0. The van der Waals surface area contributed by atoms with E-state index >= 15 is 0 Å². The van der Waals surface area contributed by atoms with Gasteiger partial charge in [0.25, 0.3) is 0 Å². The highest BCUT2D eigenvalue weighted by Gasteiger charge is 2.20. The Morgan fingerprint density at radius 3 is 2.65 bits per heavy atom. The van der Waals surface area contributed by atoms with Crippen molar-refractivity contribution in [1.29, 1.82) is 0 Å². The topological polar surface area (TPSA) is 29.0 Å². The molecule has 0 radical (unpaired) electrons. The molecule has 1 aromatic carbocycles. The highest BCUT2D eigenvalue weighted by Crippen LogP contribution is 2.26. The molecule has 4 rings (SSSR count). The van der Waals surface area contributed by atoms with Crippen LogP contribution in [0.15, 0.2) is 30.3 Å². The molecule has 0 saturated carbocycles. The molecule has 3 aromatic rings. The standard InChI is InChI=1S/C22H27N3S/c1-15-9-20(10-16(2)23-15)11-18-5-4-8-25(13-18)14-19-6-7-22-21(12-19)24-17(3)26-22/h6-7,9-10,12,18H,4-5,8,11,13-14H2,1-3H3. The summed E-state index contributed by atoms with van der Waals surface area (Å²) < 4.78 is 1.30. The zero-order chi connectivity index (χ0) is 18.1. The van der Waals surface area contributed by atoms with Crippen molar-refractivity contribution in [2.45, 2.75) is 46.6 Å². The Labute approximate surface area is 160 Å². The molecule has 136 valence electrons. The van der Waals surface area contributed by atoms with Crippen LogP contribution in [-0.4, -0.2) is 28.0 Å². The molecule has 1 atom stereocenters. The summed E-state index contributed by atoms with van der Waals surface area (Å²) in [6.07, 6.45) is 3.80. The predicted octanol–water partition coefficient (Wildman–Crippen LogP) is 5.07. The van der Waals surface area contributed by atoms with Crippen LogP contribution in [0.3, 0.4) is 0 Å². The van der Waals surface area contributed by atoms with Crippen LogP contribution in [0.4, 0.5) is 0 Å². The summed E-state index contributed by atoms with van der Waals surface area (Å²) in [5, 5.41) is 1.15. The molecule has 2 aromatic heterocycles. The second kappa shape index (κ2) is 7.45. The van der Waals surface area contributed by atoms with Gasteiger partial charge in [-0.1, -0.05) is 6.07 Å². The van der Waals surface area contributed by atoms with Crippen molar-refractivity contribution in [2.24, 2.45) is 5.92 Å².